The molecule has 0 bridgehead atoms. The average molecular weight is 242 g/mol. The predicted molar refractivity (Wildman–Crippen MR) is 65.1 cm³/mol. The molecule has 1 aromatic carbocycles. The van der Waals surface area contributed by atoms with Gasteiger partial charge in [0.25, 0.3) is 0 Å². The van der Waals surface area contributed by atoms with Crippen LogP contribution in [0.15, 0.2) is 18.2 Å². The van der Waals surface area contributed by atoms with Crippen molar-refractivity contribution in [1.82, 2.24) is 5.32 Å². The van der Waals surface area contributed by atoms with Crippen LogP contribution in [0.4, 0.5) is 4.39 Å². The second-order valence-corrected chi connectivity index (χ2v) is 4.95. The number of halogens is 2. The van der Waals surface area contributed by atoms with E-state index in [1.807, 2.05) is 6.07 Å². The van der Waals surface area contributed by atoms with Crippen LogP contribution < -0.4 is 5.32 Å². The van der Waals surface area contributed by atoms with Gasteiger partial charge in [0.15, 0.2) is 0 Å². The standard InChI is InChI=1S/C13H17ClFN/c1-9(10-4-2-5-10)16-8-11-6-3-7-12(15)13(11)14/h3,6-7,9-10,16H,2,4-5,8H2,1H3. The van der Waals surface area contributed by atoms with Crippen molar-refractivity contribution in [3.8, 4) is 0 Å². The second kappa shape index (κ2) is 5.15. The molecule has 1 N–H and O–H groups in total. The molecule has 0 spiro atoms. The van der Waals surface area contributed by atoms with Gasteiger partial charge in [0.2, 0.25) is 0 Å². The summed E-state index contributed by atoms with van der Waals surface area (Å²) in [5.74, 6) is 0.449. The molecule has 1 aliphatic carbocycles. The van der Waals surface area contributed by atoms with Gasteiger partial charge in [0.1, 0.15) is 5.82 Å². The molecule has 0 amide bonds. The normalized spacial score (nSPS) is 18.2. The van der Waals surface area contributed by atoms with Gasteiger partial charge in [-0.2, -0.15) is 0 Å². The number of hydrogen-bond donors (Lipinski definition) is 1. The van der Waals surface area contributed by atoms with Crippen LogP contribution in [0.25, 0.3) is 0 Å². The largest absolute Gasteiger partial charge is 0.310 e. The third-order valence-corrected chi connectivity index (χ3v) is 3.93. The highest BCUT2D eigenvalue weighted by molar-refractivity contribution is 6.31. The molecule has 1 atom stereocenters. The smallest absolute Gasteiger partial charge is 0.142 e. The summed E-state index contributed by atoms with van der Waals surface area (Å²) in [7, 11) is 0. The minimum atomic E-state index is -0.336. The van der Waals surface area contributed by atoms with Crippen LogP contribution in [-0.2, 0) is 6.54 Å². The summed E-state index contributed by atoms with van der Waals surface area (Å²) >= 11 is 5.89. The van der Waals surface area contributed by atoms with Crippen LogP contribution in [-0.4, -0.2) is 6.04 Å². The molecule has 0 heterocycles. The Balaban J connectivity index is 1.91. The molecule has 2 rings (SSSR count). The maximum atomic E-state index is 13.2. The van der Waals surface area contributed by atoms with Gasteiger partial charge in [-0.1, -0.05) is 30.2 Å². The first kappa shape index (κ1) is 11.9. The van der Waals surface area contributed by atoms with E-state index in [1.165, 1.54) is 25.3 Å². The van der Waals surface area contributed by atoms with E-state index in [2.05, 4.69) is 12.2 Å². The van der Waals surface area contributed by atoms with Gasteiger partial charge in [-0.05, 0) is 37.3 Å². The van der Waals surface area contributed by atoms with Crippen LogP contribution in [0.3, 0.4) is 0 Å². The second-order valence-electron chi connectivity index (χ2n) is 4.57. The Hall–Kier alpha value is -0.600. The first-order valence-electron chi connectivity index (χ1n) is 5.84. The Bertz CT molecular complexity index is 363. The molecule has 0 aliphatic heterocycles. The monoisotopic (exact) mass is 241 g/mol. The Kier molecular flexibility index (Phi) is 3.82. The minimum absolute atomic E-state index is 0.246. The van der Waals surface area contributed by atoms with Gasteiger partial charge in [0.05, 0.1) is 5.02 Å². The molecule has 0 saturated heterocycles. The van der Waals surface area contributed by atoms with Crippen molar-refractivity contribution in [2.24, 2.45) is 5.92 Å². The van der Waals surface area contributed by atoms with Crippen molar-refractivity contribution in [1.29, 1.82) is 0 Å². The lowest BCUT2D eigenvalue weighted by molar-refractivity contribution is 0.240. The fourth-order valence-electron chi connectivity index (χ4n) is 2.06. The Labute approximate surface area is 101 Å². The molecular weight excluding hydrogens is 225 g/mol. The third-order valence-electron chi connectivity index (χ3n) is 3.50. The van der Waals surface area contributed by atoms with E-state index in [9.17, 15) is 4.39 Å². The highest BCUT2D eigenvalue weighted by Crippen LogP contribution is 2.29. The van der Waals surface area contributed by atoms with Gasteiger partial charge < -0.3 is 5.32 Å². The minimum Gasteiger partial charge on any atom is -0.310 e. The molecule has 88 valence electrons. The Morgan fingerprint density at radius 2 is 2.25 bits per heavy atom. The number of benzene rings is 1. The number of rotatable bonds is 4. The SMILES string of the molecule is CC(NCc1cccc(F)c1Cl)C1CCC1. The van der Waals surface area contributed by atoms with E-state index >= 15 is 0 Å². The molecule has 1 aliphatic rings. The zero-order valence-corrected chi connectivity index (χ0v) is 10.2. The molecule has 1 aromatic rings. The van der Waals surface area contributed by atoms with Gasteiger partial charge in [-0.3, -0.25) is 0 Å². The Morgan fingerprint density at radius 1 is 1.50 bits per heavy atom. The molecule has 0 radical (unpaired) electrons. The average Bonchev–Trinajstić information content (AvgIpc) is 2.18. The van der Waals surface area contributed by atoms with Crippen LogP contribution in [0, 0.1) is 11.7 Å². The lowest BCUT2D eigenvalue weighted by Crippen LogP contribution is -2.36. The summed E-state index contributed by atoms with van der Waals surface area (Å²) in [6, 6.07) is 5.45. The van der Waals surface area contributed by atoms with Crippen molar-refractivity contribution < 1.29 is 4.39 Å². The van der Waals surface area contributed by atoms with Crippen molar-refractivity contribution in [2.45, 2.75) is 38.8 Å². The van der Waals surface area contributed by atoms with Crippen molar-refractivity contribution in [3.63, 3.8) is 0 Å². The molecule has 1 saturated carbocycles. The fourth-order valence-corrected chi connectivity index (χ4v) is 2.26. The highest BCUT2D eigenvalue weighted by Gasteiger charge is 2.23. The third kappa shape index (κ3) is 2.55. The maximum absolute atomic E-state index is 13.2. The lowest BCUT2D eigenvalue weighted by Gasteiger charge is -2.32. The summed E-state index contributed by atoms with van der Waals surface area (Å²) < 4.78 is 13.2. The molecule has 1 unspecified atom stereocenters. The first-order valence-corrected chi connectivity index (χ1v) is 6.22. The summed E-state index contributed by atoms with van der Waals surface area (Å²) in [5, 5.41) is 3.66. The Morgan fingerprint density at radius 3 is 2.88 bits per heavy atom. The summed E-state index contributed by atoms with van der Waals surface area (Å²) in [6.07, 6.45) is 3.97. The predicted octanol–water partition coefficient (Wildman–Crippen LogP) is 3.76. The zero-order valence-electron chi connectivity index (χ0n) is 9.47. The van der Waals surface area contributed by atoms with E-state index in [1.54, 1.807) is 6.07 Å². The van der Waals surface area contributed by atoms with Crippen LogP contribution >= 0.6 is 11.6 Å². The zero-order chi connectivity index (χ0) is 11.5. The van der Waals surface area contributed by atoms with Crippen molar-refractivity contribution >= 4 is 11.6 Å². The molecule has 0 aromatic heterocycles. The maximum Gasteiger partial charge on any atom is 0.142 e. The quantitative estimate of drug-likeness (QED) is 0.847. The van der Waals surface area contributed by atoms with E-state index in [-0.39, 0.29) is 10.8 Å². The van der Waals surface area contributed by atoms with Gasteiger partial charge >= 0.3 is 0 Å². The highest BCUT2D eigenvalue weighted by atomic mass is 35.5. The van der Waals surface area contributed by atoms with E-state index in [4.69, 9.17) is 11.6 Å². The van der Waals surface area contributed by atoms with Gasteiger partial charge in [-0.15, -0.1) is 0 Å². The topological polar surface area (TPSA) is 12.0 Å². The fraction of sp³-hybridized carbons (Fsp3) is 0.538. The van der Waals surface area contributed by atoms with Gasteiger partial charge in [-0.25, -0.2) is 4.39 Å². The number of hydrogen-bond acceptors (Lipinski definition) is 1. The summed E-state index contributed by atoms with van der Waals surface area (Å²) in [4.78, 5) is 0. The van der Waals surface area contributed by atoms with Crippen molar-refractivity contribution in [2.75, 3.05) is 0 Å². The van der Waals surface area contributed by atoms with Gasteiger partial charge in [0, 0.05) is 12.6 Å². The summed E-state index contributed by atoms with van der Waals surface area (Å²) in [6.45, 7) is 2.84. The molecule has 16 heavy (non-hydrogen) atoms. The molecule has 1 fully saturated rings. The van der Waals surface area contributed by atoms with E-state index in [0.717, 1.165) is 11.5 Å². The molecular formula is C13H17ClFN. The molecule has 3 heteroatoms. The first-order chi connectivity index (χ1) is 7.68. The van der Waals surface area contributed by atoms with Crippen molar-refractivity contribution in [3.05, 3.63) is 34.6 Å². The van der Waals surface area contributed by atoms with Crippen LogP contribution in [0.5, 0.6) is 0 Å². The lowest BCUT2D eigenvalue weighted by atomic mass is 9.80. The van der Waals surface area contributed by atoms with Crippen LogP contribution in [0.2, 0.25) is 5.02 Å². The van der Waals surface area contributed by atoms with E-state index < -0.39 is 0 Å². The molecule has 1 nitrogen and oxygen atoms in total. The van der Waals surface area contributed by atoms with E-state index in [0.29, 0.717) is 12.6 Å². The number of nitrogens with one attached hydrogen (secondary N) is 1. The van der Waals surface area contributed by atoms with Crippen LogP contribution in [0.1, 0.15) is 31.7 Å². The summed E-state index contributed by atoms with van der Waals surface area (Å²) in [5.41, 5.74) is 0.841.